The van der Waals surface area contributed by atoms with Crippen molar-refractivity contribution in [3.63, 3.8) is 0 Å². The van der Waals surface area contributed by atoms with Crippen molar-refractivity contribution in [2.45, 2.75) is 18.6 Å². The van der Waals surface area contributed by atoms with Crippen LogP contribution in [0.2, 0.25) is 10.0 Å². The fourth-order valence-corrected chi connectivity index (χ4v) is 1.26. The molecule has 0 heterocycles. The fraction of sp³-hybridized carbons (Fsp3) is 0.300. The van der Waals surface area contributed by atoms with Gasteiger partial charge >= 0.3 is 6.18 Å². The van der Waals surface area contributed by atoms with Crippen LogP contribution in [-0.2, 0) is 4.79 Å². The highest BCUT2D eigenvalue weighted by Crippen LogP contribution is 2.30. The van der Waals surface area contributed by atoms with Crippen LogP contribution in [0.1, 0.15) is 6.92 Å². The Morgan fingerprint density at radius 3 is 2.28 bits per heavy atom. The largest absolute Gasteiger partial charge is 0.415 e. The first-order chi connectivity index (χ1) is 8.05. The van der Waals surface area contributed by atoms with Gasteiger partial charge in [0.25, 0.3) is 5.91 Å². The molecule has 0 bridgehead atoms. The molecule has 1 rings (SSSR count). The van der Waals surface area contributed by atoms with E-state index in [1.54, 1.807) is 0 Å². The highest BCUT2D eigenvalue weighted by Gasteiger charge is 2.53. The van der Waals surface area contributed by atoms with E-state index in [1.165, 1.54) is 18.2 Å². The van der Waals surface area contributed by atoms with Crippen LogP contribution in [0.5, 0.6) is 0 Å². The van der Waals surface area contributed by atoms with E-state index in [9.17, 15) is 18.0 Å². The summed E-state index contributed by atoms with van der Waals surface area (Å²) in [6.45, 7) is 0.583. The molecule has 0 saturated carbocycles. The van der Waals surface area contributed by atoms with Gasteiger partial charge in [-0.1, -0.05) is 23.2 Å². The molecule has 3 N–H and O–H groups in total. The number of carbonyl (C=O) groups excluding carboxylic acids is 1. The van der Waals surface area contributed by atoms with Gasteiger partial charge in [0.2, 0.25) is 0 Å². The molecule has 0 spiro atoms. The van der Waals surface area contributed by atoms with E-state index in [0.717, 1.165) is 0 Å². The van der Waals surface area contributed by atoms with E-state index in [0.29, 0.717) is 6.92 Å². The average Bonchev–Trinajstić information content (AvgIpc) is 2.21. The highest BCUT2D eigenvalue weighted by molar-refractivity contribution is 6.42. The Balaban J connectivity index is 2.91. The number of nitrogens with two attached hydrogens (primary N) is 1. The maximum atomic E-state index is 12.5. The number of alkyl halides is 3. The number of hydrogen-bond acceptors (Lipinski definition) is 2. The first kappa shape index (κ1) is 15.1. The number of amides is 1. The maximum Gasteiger partial charge on any atom is 0.415 e. The molecule has 0 fully saturated rings. The van der Waals surface area contributed by atoms with Gasteiger partial charge in [0.1, 0.15) is 0 Å². The summed E-state index contributed by atoms with van der Waals surface area (Å²) in [6.07, 6.45) is -4.85. The molecule has 1 aromatic carbocycles. The van der Waals surface area contributed by atoms with E-state index < -0.39 is 17.6 Å². The SMILES string of the molecule is CC(N)(C(=O)Nc1ccc(Cl)c(Cl)c1)C(F)(F)F. The summed E-state index contributed by atoms with van der Waals surface area (Å²) >= 11 is 11.3. The van der Waals surface area contributed by atoms with Crippen molar-refractivity contribution in [1.82, 2.24) is 0 Å². The van der Waals surface area contributed by atoms with E-state index in [1.807, 2.05) is 5.32 Å². The molecule has 0 saturated heterocycles. The smallest absolute Gasteiger partial charge is 0.324 e. The van der Waals surface area contributed by atoms with E-state index in [2.05, 4.69) is 0 Å². The van der Waals surface area contributed by atoms with Crippen LogP contribution in [-0.4, -0.2) is 17.6 Å². The molecular formula is C10H9Cl2F3N2O. The predicted molar refractivity (Wildman–Crippen MR) is 63.7 cm³/mol. The number of nitrogens with one attached hydrogen (secondary N) is 1. The van der Waals surface area contributed by atoms with Gasteiger partial charge in [-0.3, -0.25) is 4.79 Å². The first-order valence-electron chi connectivity index (χ1n) is 4.68. The van der Waals surface area contributed by atoms with Crippen molar-refractivity contribution in [3.05, 3.63) is 28.2 Å². The van der Waals surface area contributed by atoms with Crippen LogP contribution < -0.4 is 11.1 Å². The quantitative estimate of drug-likeness (QED) is 0.881. The van der Waals surface area contributed by atoms with Crippen LogP contribution >= 0.6 is 23.2 Å². The molecule has 8 heteroatoms. The van der Waals surface area contributed by atoms with Gasteiger partial charge in [-0.2, -0.15) is 13.2 Å². The van der Waals surface area contributed by atoms with Crippen molar-refractivity contribution >= 4 is 34.8 Å². The summed E-state index contributed by atoms with van der Waals surface area (Å²) in [5.74, 6) is -1.38. The van der Waals surface area contributed by atoms with Crippen molar-refractivity contribution in [3.8, 4) is 0 Å². The zero-order valence-electron chi connectivity index (χ0n) is 9.11. The minimum Gasteiger partial charge on any atom is -0.324 e. The summed E-state index contributed by atoms with van der Waals surface area (Å²) in [5, 5.41) is 2.36. The molecule has 1 amide bonds. The van der Waals surface area contributed by atoms with Crippen LogP contribution in [0.3, 0.4) is 0 Å². The Hall–Kier alpha value is -0.980. The molecule has 18 heavy (non-hydrogen) atoms. The fourth-order valence-electron chi connectivity index (χ4n) is 0.964. The number of hydrogen-bond donors (Lipinski definition) is 2. The van der Waals surface area contributed by atoms with Crippen LogP contribution in [0, 0.1) is 0 Å². The number of anilines is 1. The van der Waals surface area contributed by atoms with Gasteiger partial charge in [0.15, 0.2) is 5.54 Å². The van der Waals surface area contributed by atoms with Gasteiger partial charge in [0, 0.05) is 5.69 Å². The number of rotatable bonds is 2. The lowest BCUT2D eigenvalue weighted by Gasteiger charge is -2.26. The third-order valence-corrected chi connectivity index (χ3v) is 2.98. The molecule has 0 radical (unpaired) electrons. The normalized spacial score (nSPS) is 15.1. The summed E-state index contributed by atoms with van der Waals surface area (Å²) < 4.78 is 37.5. The standard InChI is InChI=1S/C10H9Cl2F3N2O/c1-9(16,10(13,14)15)8(18)17-5-2-3-6(11)7(12)4-5/h2-4H,16H2,1H3,(H,17,18). The summed E-state index contributed by atoms with van der Waals surface area (Å²) in [6, 6.07) is 3.90. The molecule has 0 aromatic heterocycles. The first-order valence-corrected chi connectivity index (χ1v) is 5.43. The monoisotopic (exact) mass is 300 g/mol. The minimum atomic E-state index is -4.85. The zero-order valence-corrected chi connectivity index (χ0v) is 10.6. The van der Waals surface area contributed by atoms with Gasteiger partial charge in [-0.05, 0) is 25.1 Å². The van der Waals surface area contributed by atoms with Crippen molar-refractivity contribution in [1.29, 1.82) is 0 Å². The topological polar surface area (TPSA) is 55.1 Å². The molecular weight excluding hydrogens is 292 g/mol. The summed E-state index contributed by atoms with van der Waals surface area (Å²) in [7, 11) is 0. The van der Waals surface area contributed by atoms with Crippen molar-refractivity contribution in [2.24, 2.45) is 5.73 Å². The Kier molecular flexibility index (Phi) is 4.15. The van der Waals surface area contributed by atoms with Crippen LogP contribution in [0.4, 0.5) is 18.9 Å². The van der Waals surface area contributed by atoms with Gasteiger partial charge in [-0.15, -0.1) is 0 Å². The Bertz CT molecular complexity index is 475. The molecule has 1 atom stereocenters. The van der Waals surface area contributed by atoms with Crippen molar-refractivity contribution in [2.75, 3.05) is 5.32 Å². The highest BCUT2D eigenvalue weighted by atomic mass is 35.5. The zero-order chi connectivity index (χ0) is 14.1. The molecule has 3 nitrogen and oxygen atoms in total. The van der Waals surface area contributed by atoms with Crippen LogP contribution in [0.15, 0.2) is 18.2 Å². The number of benzene rings is 1. The van der Waals surface area contributed by atoms with Gasteiger partial charge < -0.3 is 11.1 Å². The molecule has 1 unspecified atom stereocenters. The molecule has 0 aliphatic rings. The van der Waals surface area contributed by atoms with Crippen molar-refractivity contribution < 1.29 is 18.0 Å². The second-order valence-electron chi connectivity index (χ2n) is 3.78. The van der Waals surface area contributed by atoms with Crippen LogP contribution in [0.25, 0.3) is 0 Å². The average molecular weight is 301 g/mol. The maximum absolute atomic E-state index is 12.5. The van der Waals surface area contributed by atoms with E-state index in [-0.39, 0.29) is 15.7 Å². The second-order valence-corrected chi connectivity index (χ2v) is 4.60. The lowest BCUT2D eigenvalue weighted by Crippen LogP contribution is -2.59. The molecule has 0 aliphatic heterocycles. The Morgan fingerprint density at radius 2 is 1.83 bits per heavy atom. The molecule has 1 aromatic rings. The van der Waals surface area contributed by atoms with Gasteiger partial charge in [0.05, 0.1) is 10.0 Å². The molecule has 0 aliphatic carbocycles. The third kappa shape index (κ3) is 3.07. The number of carbonyl (C=O) groups is 1. The Morgan fingerprint density at radius 1 is 1.28 bits per heavy atom. The van der Waals surface area contributed by atoms with Gasteiger partial charge in [-0.25, -0.2) is 0 Å². The molecule has 100 valence electrons. The predicted octanol–water partition coefficient (Wildman–Crippen LogP) is 3.21. The summed E-state index contributed by atoms with van der Waals surface area (Å²) in [5.41, 5.74) is 2.05. The number of halogens is 5. The second kappa shape index (κ2) is 4.95. The minimum absolute atomic E-state index is 0.0790. The van der Waals surface area contributed by atoms with E-state index >= 15 is 0 Å². The Labute approximate surface area is 111 Å². The third-order valence-electron chi connectivity index (χ3n) is 2.24. The lowest BCUT2D eigenvalue weighted by atomic mass is 10.0. The summed E-state index contributed by atoms with van der Waals surface area (Å²) in [4.78, 5) is 11.4. The lowest BCUT2D eigenvalue weighted by molar-refractivity contribution is -0.184. The van der Waals surface area contributed by atoms with E-state index in [4.69, 9.17) is 28.9 Å².